The van der Waals surface area contributed by atoms with Crippen LogP contribution in [0.1, 0.15) is 78.6 Å². The van der Waals surface area contributed by atoms with Crippen molar-refractivity contribution in [2.24, 2.45) is 5.92 Å². The molecule has 2 heterocycles. The molecule has 1 aliphatic carbocycles. The van der Waals surface area contributed by atoms with Crippen LogP contribution in [-0.2, 0) is 23.1 Å². The van der Waals surface area contributed by atoms with Crippen molar-refractivity contribution in [1.29, 1.82) is 0 Å². The zero-order valence-electron chi connectivity index (χ0n) is 27.5. The fourth-order valence-corrected chi connectivity index (χ4v) is 7.33. The lowest BCUT2D eigenvalue weighted by atomic mass is 9.87. The van der Waals surface area contributed by atoms with Crippen molar-refractivity contribution in [3.63, 3.8) is 0 Å². The third kappa shape index (κ3) is 7.91. The fourth-order valence-electron chi connectivity index (χ4n) is 6.27. The van der Waals surface area contributed by atoms with Crippen LogP contribution in [0, 0.1) is 12.8 Å². The Morgan fingerprint density at radius 3 is 2.32 bits per heavy atom. The van der Waals surface area contributed by atoms with Gasteiger partial charge in [-0.05, 0) is 83.7 Å². The third-order valence-electron chi connectivity index (χ3n) is 9.04. The fraction of sp³-hybridized carbons (Fsp3) is 0.325. The highest BCUT2D eigenvalue weighted by Crippen LogP contribution is 2.34. The number of hydrogen-bond donors (Lipinski definition) is 2. The molecule has 0 aliphatic heterocycles. The maximum atomic E-state index is 13.6. The minimum absolute atomic E-state index is 0.0615. The molecule has 1 fully saturated rings. The summed E-state index contributed by atoms with van der Waals surface area (Å²) in [5.74, 6) is 0.413. The Balaban J connectivity index is 1.23. The number of carbonyl (C=O) groups is 2. The monoisotopic (exact) mass is 646 g/mol. The Hall–Kier alpha value is -4.49. The summed E-state index contributed by atoms with van der Waals surface area (Å²) in [7, 11) is 0. The van der Waals surface area contributed by atoms with Crippen LogP contribution in [0.3, 0.4) is 0 Å². The molecule has 5 aromatic rings. The molecular weight excluding hydrogens is 605 g/mol. The van der Waals surface area contributed by atoms with Crippen LogP contribution in [0.5, 0.6) is 11.5 Å². The summed E-state index contributed by atoms with van der Waals surface area (Å²) in [5.41, 5.74) is 4.65. The van der Waals surface area contributed by atoms with E-state index >= 15 is 0 Å². The Kier molecular flexibility index (Phi) is 9.46. The number of carboxylic acids is 1. The topological polar surface area (TPSA) is 88.5 Å². The molecule has 0 saturated heterocycles. The van der Waals surface area contributed by atoms with E-state index in [4.69, 9.17) is 9.72 Å². The molecule has 1 amide bonds. The summed E-state index contributed by atoms with van der Waals surface area (Å²) >= 11 is 1.54. The second-order valence-electron chi connectivity index (χ2n) is 13.8. The predicted molar refractivity (Wildman–Crippen MR) is 190 cm³/mol. The molecular formula is C40H42N2O4S. The molecule has 2 N–H and O–H groups in total. The molecule has 7 heteroatoms. The summed E-state index contributed by atoms with van der Waals surface area (Å²) in [6.07, 6.45) is 5.65. The van der Waals surface area contributed by atoms with Gasteiger partial charge in [0.1, 0.15) is 23.2 Å². The van der Waals surface area contributed by atoms with Crippen molar-refractivity contribution in [1.82, 2.24) is 10.3 Å². The van der Waals surface area contributed by atoms with Crippen LogP contribution >= 0.6 is 11.3 Å². The van der Waals surface area contributed by atoms with Gasteiger partial charge in [0.05, 0.1) is 0 Å². The smallest absolute Gasteiger partial charge is 0.326 e. The standard InChI is InChI=1S/C40H42N2O4S/c1-25-9-11-27(12-10-25)37-20-19-32(47-37)24-36(39(44)45)42-38(43)35-22-28-13-16-31(46-30-17-14-29(15-18-30)40(2,3)4)23-33(28)34(41-35)21-26-7-5-6-8-26/h9-20,22-23,26,36H,5-8,21,24H2,1-4H3,(H,42,43)(H,44,45)/t36-/m0/s1. The maximum absolute atomic E-state index is 13.6. The minimum atomic E-state index is -1.08. The summed E-state index contributed by atoms with van der Waals surface area (Å²) in [4.78, 5) is 32.7. The largest absolute Gasteiger partial charge is 0.480 e. The molecule has 6 rings (SSSR count). The highest BCUT2D eigenvalue weighted by atomic mass is 32.1. The Morgan fingerprint density at radius 1 is 0.936 bits per heavy atom. The van der Waals surface area contributed by atoms with Crippen LogP contribution in [0.15, 0.2) is 84.9 Å². The molecule has 0 spiro atoms. The van der Waals surface area contributed by atoms with Crippen molar-refractivity contribution in [3.05, 3.63) is 112 Å². The molecule has 1 atom stereocenters. The lowest BCUT2D eigenvalue weighted by molar-refractivity contribution is -0.139. The number of aliphatic carboxylic acids is 1. The first-order valence-electron chi connectivity index (χ1n) is 16.4. The number of rotatable bonds is 10. The minimum Gasteiger partial charge on any atom is -0.480 e. The molecule has 47 heavy (non-hydrogen) atoms. The zero-order valence-corrected chi connectivity index (χ0v) is 28.3. The second kappa shape index (κ2) is 13.7. The molecule has 0 unspecified atom stereocenters. The van der Waals surface area contributed by atoms with Crippen LogP contribution in [-0.4, -0.2) is 28.0 Å². The molecule has 0 bridgehead atoms. The molecule has 0 radical (unpaired) electrons. The lowest BCUT2D eigenvalue weighted by Gasteiger charge is -2.19. The number of pyridine rings is 1. The highest BCUT2D eigenvalue weighted by Gasteiger charge is 2.25. The molecule has 2 aromatic heterocycles. The average molecular weight is 647 g/mol. The normalized spacial score (nSPS) is 14.3. The van der Waals surface area contributed by atoms with Crippen molar-refractivity contribution >= 4 is 34.0 Å². The van der Waals surface area contributed by atoms with Gasteiger partial charge in [-0.2, -0.15) is 0 Å². The van der Waals surface area contributed by atoms with E-state index in [-0.39, 0.29) is 17.5 Å². The van der Waals surface area contributed by atoms with Gasteiger partial charge in [0.25, 0.3) is 5.91 Å². The molecule has 242 valence electrons. The van der Waals surface area contributed by atoms with Crippen molar-refractivity contribution in [2.75, 3.05) is 0 Å². The van der Waals surface area contributed by atoms with E-state index in [2.05, 4.69) is 62.5 Å². The number of thiophene rings is 1. The number of carboxylic acid groups (broad SMARTS) is 1. The summed E-state index contributed by atoms with van der Waals surface area (Å²) in [6, 6.07) is 26.9. The number of nitrogens with one attached hydrogen (secondary N) is 1. The van der Waals surface area contributed by atoms with Gasteiger partial charge < -0.3 is 15.2 Å². The van der Waals surface area contributed by atoms with E-state index in [1.807, 2.05) is 49.4 Å². The number of nitrogens with zero attached hydrogens (tertiary/aromatic N) is 1. The third-order valence-corrected chi connectivity index (χ3v) is 10.2. The number of amides is 1. The van der Waals surface area contributed by atoms with E-state index in [0.29, 0.717) is 11.7 Å². The van der Waals surface area contributed by atoms with Gasteiger partial charge in [-0.15, -0.1) is 11.3 Å². The molecule has 6 nitrogen and oxygen atoms in total. The van der Waals surface area contributed by atoms with Crippen LogP contribution in [0.4, 0.5) is 0 Å². The van der Waals surface area contributed by atoms with Gasteiger partial charge in [-0.3, -0.25) is 4.79 Å². The molecule has 3 aromatic carbocycles. The Labute approximate surface area is 280 Å². The van der Waals surface area contributed by atoms with Crippen LogP contribution in [0.25, 0.3) is 21.2 Å². The van der Waals surface area contributed by atoms with Gasteiger partial charge in [0.15, 0.2) is 0 Å². The Bertz CT molecular complexity index is 1880. The predicted octanol–water partition coefficient (Wildman–Crippen LogP) is 9.52. The van der Waals surface area contributed by atoms with Crippen LogP contribution in [0.2, 0.25) is 0 Å². The maximum Gasteiger partial charge on any atom is 0.326 e. The Morgan fingerprint density at radius 2 is 1.64 bits per heavy atom. The number of fused-ring (bicyclic) bond motifs is 1. The van der Waals surface area contributed by atoms with Crippen LogP contribution < -0.4 is 10.1 Å². The first-order valence-corrected chi connectivity index (χ1v) is 17.2. The van der Waals surface area contributed by atoms with Crippen molar-refractivity contribution in [2.45, 2.75) is 77.7 Å². The van der Waals surface area contributed by atoms with Gasteiger partial charge in [0, 0.05) is 27.3 Å². The first-order chi connectivity index (χ1) is 22.5. The summed E-state index contributed by atoms with van der Waals surface area (Å²) in [6.45, 7) is 8.61. The quantitative estimate of drug-likeness (QED) is 0.158. The number of ether oxygens (including phenoxy) is 1. The lowest BCUT2D eigenvalue weighted by Crippen LogP contribution is -2.42. The number of benzene rings is 3. The SMILES string of the molecule is Cc1ccc(-c2ccc(C[C@H](NC(=O)c3cc4ccc(Oc5ccc(C(C)(C)C)cc5)cc4c(CC4CCCC4)n3)C(=O)O)s2)cc1. The van der Waals surface area contributed by atoms with Gasteiger partial charge >= 0.3 is 5.97 Å². The van der Waals surface area contributed by atoms with E-state index in [0.717, 1.165) is 56.8 Å². The van der Waals surface area contributed by atoms with Gasteiger partial charge in [0.2, 0.25) is 0 Å². The van der Waals surface area contributed by atoms with Crippen molar-refractivity contribution in [3.8, 4) is 21.9 Å². The van der Waals surface area contributed by atoms with Gasteiger partial charge in [-0.1, -0.05) is 94.5 Å². The first kappa shape index (κ1) is 32.5. The van der Waals surface area contributed by atoms with E-state index < -0.39 is 17.9 Å². The molecule has 1 aliphatic rings. The zero-order chi connectivity index (χ0) is 33.1. The second-order valence-corrected chi connectivity index (χ2v) is 14.9. The number of aromatic nitrogens is 1. The van der Waals surface area contributed by atoms with E-state index in [1.165, 1.54) is 24.0 Å². The van der Waals surface area contributed by atoms with E-state index in [1.54, 1.807) is 17.4 Å². The number of aryl methyl sites for hydroxylation is 1. The van der Waals surface area contributed by atoms with Gasteiger partial charge in [-0.25, -0.2) is 9.78 Å². The molecule has 1 saturated carbocycles. The summed E-state index contributed by atoms with van der Waals surface area (Å²) in [5, 5.41) is 14.7. The van der Waals surface area contributed by atoms with Crippen molar-refractivity contribution < 1.29 is 19.4 Å². The average Bonchev–Trinajstić information content (AvgIpc) is 3.73. The number of hydrogen-bond acceptors (Lipinski definition) is 5. The number of carbonyl (C=O) groups excluding carboxylic acids is 1. The summed E-state index contributed by atoms with van der Waals surface area (Å²) < 4.78 is 6.26. The highest BCUT2D eigenvalue weighted by molar-refractivity contribution is 7.15. The van der Waals surface area contributed by atoms with E-state index in [9.17, 15) is 14.7 Å².